The summed E-state index contributed by atoms with van der Waals surface area (Å²) in [5.41, 5.74) is 3.46. The Labute approximate surface area is 83.2 Å². The Bertz CT molecular complexity index is 414. The molecule has 1 heterocycles. The van der Waals surface area contributed by atoms with Gasteiger partial charge in [0.1, 0.15) is 5.82 Å². The van der Waals surface area contributed by atoms with Gasteiger partial charge in [-0.25, -0.2) is 0 Å². The predicted octanol–water partition coefficient (Wildman–Crippen LogP) is 2.43. The van der Waals surface area contributed by atoms with E-state index >= 15 is 0 Å². The summed E-state index contributed by atoms with van der Waals surface area (Å²) in [7, 11) is 1.86. The lowest BCUT2D eigenvalue weighted by Gasteiger charge is -1.96. The molecule has 0 amide bonds. The van der Waals surface area contributed by atoms with Gasteiger partial charge >= 0.3 is 0 Å². The summed E-state index contributed by atoms with van der Waals surface area (Å²) in [6.07, 6.45) is 0. The summed E-state index contributed by atoms with van der Waals surface area (Å²) < 4.78 is 0. The van der Waals surface area contributed by atoms with Crippen molar-refractivity contribution >= 4 is 5.82 Å². The van der Waals surface area contributed by atoms with Crippen molar-refractivity contribution in [3.63, 3.8) is 0 Å². The lowest BCUT2D eigenvalue weighted by Crippen LogP contribution is -1.85. The van der Waals surface area contributed by atoms with Crippen molar-refractivity contribution in [2.75, 3.05) is 12.4 Å². The van der Waals surface area contributed by atoms with Gasteiger partial charge in [-0.15, -0.1) is 0 Å². The van der Waals surface area contributed by atoms with Gasteiger partial charge in [-0.1, -0.05) is 29.8 Å². The summed E-state index contributed by atoms with van der Waals surface area (Å²) in [6.45, 7) is 2.08. The van der Waals surface area contributed by atoms with Crippen molar-refractivity contribution in [1.82, 2.24) is 10.2 Å². The number of aromatic nitrogens is 2. The minimum Gasteiger partial charge on any atom is -0.372 e. The molecule has 0 radical (unpaired) electrons. The molecule has 2 N–H and O–H groups in total. The van der Waals surface area contributed by atoms with Crippen LogP contribution in [0.3, 0.4) is 0 Å². The summed E-state index contributed by atoms with van der Waals surface area (Å²) in [6, 6.07) is 10.3. The van der Waals surface area contributed by atoms with Crippen LogP contribution in [0.1, 0.15) is 5.56 Å². The van der Waals surface area contributed by atoms with Gasteiger partial charge in [0.25, 0.3) is 0 Å². The molecule has 0 atom stereocenters. The number of hydrogen-bond donors (Lipinski definition) is 2. The molecule has 1 aromatic heterocycles. The minimum absolute atomic E-state index is 0.862. The van der Waals surface area contributed by atoms with E-state index in [1.54, 1.807) is 0 Å². The van der Waals surface area contributed by atoms with E-state index in [0.29, 0.717) is 0 Å². The average molecular weight is 187 g/mol. The van der Waals surface area contributed by atoms with Crippen LogP contribution >= 0.6 is 0 Å². The molecular weight excluding hydrogens is 174 g/mol. The van der Waals surface area contributed by atoms with Crippen molar-refractivity contribution < 1.29 is 0 Å². The Kier molecular flexibility index (Phi) is 2.23. The highest BCUT2D eigenvalue weighted by Gasteiger charge is 2.00. The van der Waals surface area contributed by atoms with Crippen molar-refractivity contribution in [2.45, 2.75) is 6.92 Å². The molecule has 3 heteroatoms. The fraction of sp³-hybridized carbons (Fsp3) is 0.182. The predicted molar refractivity (Wildman–Crippen MR) is 58.3 cm³/mol. The van der Waals surface area contributed by atoms with Crippen LogP contribution in [0.4, 0.5) is 5.82 Å². The number of H-pyrrole nitrogens is 1. The van der Waals surface area contributed by atoms with Crippen LogP contribution in [0.25, 0.3) is 11.3 Å². The van der Waals surface area contributed by atoms with Crippen molar-refractivity contribution in [1.29, 1.82) is 0 Å². The first kappa shape index (κ1) is 8.81. The molecule has 3 nitrogen and oxygen atoms in total. The van der Waals surface area contributed by atoms with Crippen LogP contribution in [-0.2, 0) is 0 Å². The zero-order chi connectivity index (χ0) is 9.97. The number of aromatic amines is 1. The largest absolute Gasteiger partial charge is 0.372 e. The second-order valence-electron chi connectivity index (χ2n) is 3.28. The second kappa shape index (κ2) is 3.54. The topological polar surface area (TPSA) is 40.7 Å². The quantitative estimate of drug-likeness (QED) is 0.758. The lowest BCUT2D eigenvalue weighted by atomic mass is 10.1. The summed E-state index contributed by atoms with van der Waals surface area (Å²) in [5, 5.41) is 10.1. The van der Waals surface area contributed by atoms with Crippen LogP contribution in [-0.4, -0.2) is 17.2 Å². The molecule has 2 rings (SSSR count). The second-order valence-corrected chi connectivity index (χ2v) is 3.28. The third kappa shape index (κ3) is 1.62. The monoisotopic (exact) mass is 187 g/mol. The minimum atomic E-state index is 0.862. The molecule has 0 spiro atoms. The van der Waals surface area contributed by atoms with Gasteiger partial charge in [0.2, 0.25) is 0 Å². The van der Waals surface area contributed by atoms with Crippen molar-refractivity contribution in [3.8, 4) is 11.3 Å². The van der Waals surface area contributed by atoms with E-state index in [2.05, 4.69) is 46.7 Å². The Morgan fingerprint density at radius 1 is 1.21 bits per heavy atom. The molecule has 0 fully saturated rings. The van der Waals surface area contributed by atoms with Gasteiger partial charge < -0.3 is 5.32 Å². The zero-order valence-electron chi connectivity index (χ0n) is 8.33. The maximum Gasteiger partial charge on any atom is 0.148 e. The first-order valence-corrected chi connectivity index (χ1v) is 4.60. The maximum atomic E-state index is 4.10. The van der Waals surface area contributed by atoms with Crippen LogP contribution in [0.2, 0.25) is 0 Å². The zero-order valence-corrected chi connectivity index (χ0v) is 8.33. The molecule has 0 aliphatic carbocycles. The number of nitrogens with one attached hydrogen (secondary N) is 2. The van der Waals surface area contributed by atoms with Gasteiger partial charge in [0.05, 0.1) is 5.69 Å². The van der Waals surface area contributed by atoms with E-state index in [-0.39, 0.29) is 0 Å². The van der Waals surface area contributed by atoms with E-state index in [0.717, 1.165) is 17.1 Å². The van der Waals surface area contributed by atoms with Crippen LogP contribution < -0.4 is 5.32 Å². The number of aryl methyl sites for hydroxylation is 1. The Balaban J connectivity index is 2.34. The van der Waals surface area contributed by atoms with E-state index < -0.39 is 0 Å². The highest BCUT2D eigenvalue weighted by atomic mass is 15.2. The van der Waals surface area contributed by atoms with Crippen LogP contribution in [0.5, 0.6) is 0 Å². The highest BCUT2D eigenvalue weighted by Crippen LogP contribution is 2.19. The van der Waals surface area contributed by atoms with E-state index in [9.17, 15) is 0 Å². The van der Waals surface area contributed by atoms with E-state index in [1.807, 2.05) is 13.1 Å². The Hall–Kier alpha value is -1.77. The smallest absolute Gasteiger partial charge is 0.148 e. The van der Waals surface area contributed by atoms with Crippen molar-refractivity contribution in [2.24, 2.45) is 0 Å². The molecule has 72 valence electrons. The van der Waals surface area contributed by atoms with Crippen LogP contribution in [0.15, 0.2) is 30.3 Å². The SMILES string of the molecule is CNc1cc(-c2ccc(C)cc2)[nH]n1. The molecule has 0 unspecified atom stereocenters. The molecule has 1 aromatic carbocycles. The number of hydrogen-bond acceptors (Lipinski definition) is 2. The lowest BCUT2D eigenvalue weighted by molar-refractivity contribution is 1.09. The van der Waals surface area contributed by atoms with Gasteiger partial charge in [-0.3, -0.25) is 5.10 Å². The molecular formula is C11H13N3. The summed E-state index contributed by atoms with van der Waals surface area (Å²) >= 11 is 0. The molecule has 14 heavy (non-hydrogen) atoms. The fourth-order valence-electron chi connectivity index (χ4n) is 1.33. The number of benzene rings is 1. The first-order valence-electron chi connectivity index (χ1n) is 4.60. The Morgan fingerprint density at radius 2 is 1.93 bits per heavy atom. The molecule has 0 bridgehead atoms. The third-order valence-corrected chi connectivity index (χ3v) is 2.20. The maximum absolute atomic E-state index is 4.10. The summed E-state index contributed by atoms with van der Waals surface area (Å²) in [4.78, 5) is 0. The average Bonchev–Trinajstić information content (AvgIpc) is 2.67. The van der Waals surface area contributed by atoms with Gasteiger partial charge in [-0.2, -0.15) is 5.10 Å². The third-order valence-electron chi connectivity index (χ3n) is 2.20. The number of nitrogens with zero attached hydrogens (tertiary/aromatic N) is 1. The standard InChI is InChI=1S/C11H13N3/c1-8-3-5-9(6-4-8)10-7-11(12-2)14-13-10/h3-7H,1-2H3,(H2,12,13,14). The van der Waals surface area contributed by atoms with Crippen molar-refractivity contribution in [3.05, 3.63) is 35.9 Å². The normalized spacial score (nSPS) is 10.1. The first-order chi connectivity index (χ1) is 6.79. The Morgan fingerprint density at radius 3 is 2.50 bits per heavy atom. The highest BCUT2D eigenvalue weighted by molar-refractivity contribution is 5.62. The molecule has 0 aliphatic heterocycles. The molecule has 0 saturated carbocycles. The fourth-order valence-corrected chi connectivity index (χ4v) is 1.33. The number of anilines is 1. The number of rotatable bonds is 2. The molecule has 0 saturated heterocycles. The van der Waals surface area contributed by atoms with E-state index in [4.69, 9.17) is 0 Å². The summed E-state index contributed by atoms with van der Waals surface area (Å²) in [5.74, 6) is 0.862. The van der Waals surface area contributed by atoms with Gasteiger partial charge in [0.15, 0.2) is 0 Å². The van der Waals surface area contributed by atoms with E-state index in [1.165, 1.54) is 5.56 Å². The van der Waals surface area contributed by atoms with Gasteiger partial charge in [-0.05, 0) is 12.5 Å². The molecule has 0 aliphatic rings. The van der Waals surface area contributed by atoms with Crippen LogP contribution in [0, 0.1) is 6.92 Å². The molecule has 2 aromatic rings. The van der Waals surface area contributed by atoms with Gasteiger partial charge in [0, 0.05) is 13.1 Å².